The number of hydrogen-bond donors (Lipinski definition) is 0. The van der Waals surface area contributed by atoms with Crippen LogP contribution in [0.5, 0.6) is 5.75 Å². The minimum atomic E-state index is -0.157. The molecular weight excluding hydrogens is 188 g/mol. The number of halogens is 1. The van der Waals surface area contributed by atoms with Crippen molar-refractivity contribution in [3.63, 3.8) is 0 Å². The number of epoxide rings is 1. The zero-order valence-electron chi connectivity index (χ0n) is 7.63. The quantitative estimate of drug-likeness (QED) is 0.682. The van der Waals surface area contributed by atoms with E-state index in [4.69, 9.17) is 21.1 Å². The van der Waals surface area contributed by atoms with Gasteiger partial charge in [-0.25, -0.2) is 0 Å². The maximum Gasteiger partial charge on any atom is 0.126 e. The van der Waals surface area contributed by atoms with Crippen molar-refractivity contribution in [2.24, 2.45) is 0 Å². The number of ether oxygens (including phenoxy) is 2. The van der Waals surface area contributed by atoms with Crippen LogP contribution in [0.15, 0.2) is 18.2 Å². The van der Waals surface area contributed by atoms with Gasteiger partial charge in [-0.1, -0.05) is 17.7 Å². The van der Waals surface area contributed by atoms with Gasteiger partial charge in [0.1, 0.15) is 11.4 Å². The summed E-state index contributed by atoms with van der Waals surface area (Å²) < 4.78 is 10.6. The van der Waals surface area contributed by atoms with Crippen LogP contribution in [0.2, 0.25) is 5.02 Å². The molecule has 1 aliphatic heterocycles. The van der Waals surface area contributed by atoms with Gasteiger partial charge in [-0.15, -0.1) is 0 Å². The zero-order valence-corrected chi connectivity index (χ0v) is 8.39. The van der Waals surface area contributed by atoms with Gasteiger partial charge in [0.05, 0.1) is 13.7 Å². The molecule has 3 heteroatoms. The van der Waals surface area contributed by atoms with Gasteiger partial charge in [-0.2, -0.15) is 0 Å². The van der Waals surface area contributed by atoms with Crippen LogP contribution < -0.4 is 4.74 Å². The second-order valence-corrected chi connectivity index (χ2v) is 3.80. The van der Waals surface area contributed by atoms with Crippen LogP contribution in [0.1, 0.15) is 12.5 Å². The van der Waals surface area contributed by atoms with E-state index in [0.717, 1.165) is 17.9 Å². The van der Waals surface area contributed by atoms with Crippen molar-refractivity contribution in [1.82, 2.24) is 0 Å². The molecule has 1 saturated heterocycles. The van der Waals surface area contributed by atoms with Gasteiger partial charge in [-0.05, 0) is 19.1 Å². The highest BCUT2D eigenvalue weighted by molar-refractivity contribution is 6.30. The first-order valence-electron chi connectivity index (χ1n) is 4.14. The van der Waals surface area contributed by atoms with E-state index in [9.17, 15) is 0 Å². The van der Waals surface area contributed by atoms with Crippen molar-refractivity contribution in [2.75, 3.05) is 13.7 Å². The molecule has 2 rings (SSSR count). The molecular formula is C10H11ClO2. The summed E-state index contributed by atoms with van der Waals surface area (Å²) in [5, 5.41) is 0.685. The summed E-state index contributed by atoms with van der Waals surface area (Å²) in [7, 11) is 1.64. The minimum Gasteiger partial charge on any atom is -0.496 e. The lowest BCUT2D eigenvalue weighted by atomic mass is 10.0. The summed E-state index contributed by atoms with van der Waals surface area (Å²) in [4.78, 5) is 0. The third-order valence-corrected chi connectivity index (χ3v) is 2.55. The number of hydrogen-bond acceptors (Lipinski definition) is 2. The molecule has 0 spiro atoms. The van der Waals surface area contributed by atoms with Crippen LogP contribution in [0.3, 0.4) is 0 Å². The van der Waals surface area contributed by atoms with Crippen LogP contribution in [0.4, 0.5) is 0 Å². The number of methoxy groups -OCH3 is 1. The molecule has 0 N–H and O–H groups in total. The Morgan fingerprint density at radius 3 is 2.77 bits per heavy atom. The third kappa shape index (κ3) is 1.52. The van der Waals surface area contributed by atoms with Gasteiger partial charge in [-0.3, -0.25) is 0 Å². The molecule has 0 saturated carbocycles. The van der Waals surface area contributed by atoms with E-state index in [-0.39, 0.29) is 5.60 Å². The molecule has 0 aromatic heterocycles. The molecule has 1 aromatic carbocycles. The molecule has 13 heavy (non-hydrogen) atoms. The highest BCUT2D eigenvalue weighted by Gasteiger charge is 2.43. The van der Waals surface area contributed by atoms with Crippen molar-refractivity contribution < 1.29 is 9.47 Å². The first-order chi connectivity index (χ1) is 6.15. The Morgan fingerprint density at radius 2 is 2.23 bits per heavy atom. The van der Waals surface area contributed by atoms with Gasteiger partial charge in [0.25, 0.3) is 0 Å². The average Bonchev–Trinajstić information content (AvgIpc) is 2.84. The van der Waals surface area contributed by atoms with Crippen molar-refractivity contribution in [3.8, 4) is 5.75 Å². The Hall–Kier alpha value is -0.730. The zero-order chi connectivity index (χ0) is 9.47. The lowest BCUT2D eigenvalue weighted by Gasteiger charge is -2.11. The van der Waals surface area contributed by atoms with Crippen LogP contribution in [-0.2, 0) is 10.3 Å². The molecule has 1 aromatic rings. The van der Waals surface area contributed by atoms with Gasteiger partial charge < -0.3 is 9.47 Å². The predicted octanol–water partition coefficient (Wildman–Crippen LogP) is 2.59. The smallest absolute Gasteiger partial charge is 0.126 e. The van der Waals surface area contributed by atoms with Crippen molar-refractivity contribution in [1.29, 1.82) is 0 Å². The fraction of sp³-hybridized carbons (Fsp3) is 0.400. The van der Waals surface area contributed by atoms with Crippen molar-refractivity contribution in [2.45, 2.75) is 12.5 Å². The highest BCUT2D eigenvalue weighted by Crippen LogP contribution is 2.43. The van der Waals surface area contributed by atoms with Crippen LogP contribution in [-0.4, -0.2) is 13.7 Å². The second-order valence-electron chi connectivity index (χ2n) is 3.36. The average molecular weight is 199 g/mol. The van der Waals surface area contributed by atoms with E-state index in [1.807, 2.05) is 25.1 Å². The van der Waals surface area contributed by atoms with Gasteiger partial charge in [0.15, 0.2) is 0 Å². The Balaban J connectivity index is 2.45. The third-order valence-electron chi connectivity index (χ3n) is 2.31. The summed E-state index contributed by atoms with van der Waals surface area (Å²) in [6.07, 6.45) is 0. The summed E-state index contributed by atoms with van der Waals surface area (Å²) >= 11 is 5.85. The van der Waals surface area contributed by atoms with Gasteiger partial charge in [0.2, 0.25) is 0 Å². The summed E-state index contributed by atoms with van der Waals surface area (Å²) in [6.45, 7) is 2.80. The topological polar surface area (TPSA) is 21.8 Å². The van der Waals surface area contributed by atoms with Crippen molar-refractivity contribution in [3.05, 3.63) is 28.8 Å². The molecule has 1 unspecified atom stereocenters. The minimum absolute atomic E-state index is 0.157. The summed E-state index contributed by atoms with van der Waals surface area (Å²) in [5.74, 6) is 0.799. The Morgan fingerprint density at radius 1 is 1.54 bits per heavy atom. The first kappa shape index (κ1) is 8.85. The summed E-state index contributed by atoms with van der Waals surface area (Å²) in [6, 6.07) is 5.62. The van der Waals surface area contributed by atoms with Crippen LogP contribution in [0, 0.1) is 0 Å². The summed E-state index contributed by atoms with van der Waals surface area (Å²) in [5.41, 5.74) is 0.912. The molecule has 70 valence electrons. The molecule has 2 nitrogen and oxygen atoms in total. The Bertz CT molecular complexity index is 332. The number of benzene rings is 1. The molecule has 1 aliphatic rings. The SMILES string of the molecule is COc1cc(Cl)ccc1C1(C)CO1. The van der Waals surface area contributed by atoms with Crippen LogP contribution >= 0.6 is 11.6 Å². The van der Waals surface area contributed by atoms with Gasteiger partial charge in [0, 0.05) is 10.6 Å². The first-order valence-corrected chi connectivity index (χ1v) is 4.51. The Labute approximate surface area is 82.4 Å². The fourth-order valence-corrected chi connectivity index (χ4v) is 1.53. The van der Waals surface area contributed by atoms with E-state index >= 15 is 0 Å². The lowest BCUT2D eigenvalue weighted by Crippen LogP contribution is -2.04. The lowest BCUT2D eigenvalue weighted by molar-refractivity contribution is 0.316. The standard InChI is InChI=1S/C10H11ClO2/c1-10(6-13-10)8-4-3-7(11)5-9(8)12-2/h3-5H,6H2,1-2H3. The van der Waals surface area contributed by atoms with E-state index in [2.05, 4.69) is 0 Å². The molecule has 0 amide bonds. The van der Waals surface area contributed by atoms with E-state index in [0.29, 0.717) is 5.02 Å². The Kier molecular flexibility index (Phi) is 1.97. The fourth-order valence-electron chi connectivity index (χ4n) is 1.37. The van der Waals surface area contributed by atoms with Gasteiger partial charge >= 0.3 is 0 Å². The molecule has 1 atom stereocenters. The largest absolute Gasteiger partial charge is 0.496 e. The predicted molar refractivity (Wildman–Crippen MR) is 51.3 cm³/mol. The normalized spacial score (nSPS) is 25.8. The maximum atomic E-state index is 5.85. The molecule has 0 aliphatic carbocycles. The van der Waals surface area contributed by atoms with E-state index in [1.54, 1.807) is 7.11 Å². The molecule has 0 bridgehead atoms. The molecule has 0 radical (unpaired) electrons. The van der Waals surface area contributed by atoms with E-state index < -0.39 is 0 Å². The van der Waals surface area contributed by atoms with Crippen LogP contribution in [0.25, 0.3) is 0 Å². The monoisotopic (exact) mass is 198 g/mol. The highest BCUT2D eigenvalue weighted by atomic mass is 35.5. The second kappa shape index (κ2) is 2.89. The van der Waals surface area contributed by atoms with Crippen molar-refractivity contribution >= 4 is 11.6 Å². The maximum absolute atomic E-state index is 5.85. The molecule has 1 fully saturated rings. The van der Waals surface area contributed by atoms with E-state index in [1.165, 1.54) is 0 Å². The number of rotatable bonds is 2. The molecule has 1 heterocycles.